The third-order valence-electron chi connectivity index (χ3n) is 3.01. The third-order valence-corrected chi connectivity index (χ3v) is 3.30. The summed E-state index contributed by atoms with van der Waals surface area (Å²) in [6.07, 6.45) is 2.32. The predicted molar refractivity (Wildman–Crippen MR) is 68.9 cm³/mol. The first-order valence-corrected chi connectivity index (χ1v) is 5.86. The lowest BCUT2D eigenvalue weighted by Crippen LogP contribution is -2.43. The number of hydrogen-bond acceptors (Lipinski definition) is 3. The van der Waals surface area contributed by atoms with Crippen LogP contribution >= 0.6 is 11.6 Å². The Balaban J connectivity index is 2.51. The van der Waals surface area contributed by atoms with Crippen LogP contribution in [0.1, 0.15) is 15.9 Å². The minimum absolute atomic E-state index is 0.180. The molecule has 18 heavy (non-hydrogen) atoms. The summed E-state index contributed by atoms with van der Waals surface area (Å²) in [6.45, 7) is 3.72. The van der Waals surface area contributed by atoms with E-state index < -0.39 is 0 Å². The lowest BCUT2D eigenvalue weighted by atomic mass is 9.94. The summed E-state index contributed by atoms with van der Waals surface area (Å²) in [7, 11) is 3.01. The number of halogens is 1. The Kier molecular flexibility index (Phi) is 3.59. The zero-order chi connectivity index (χ0) is 13.3. The first-order valence-electron chi connectivity index (χ1n) is 5.49. The average Bonchev–Trinajstić information content (AvgIpc) is 2.38. The van der Waals surface area contributed by atoms with E-state index in [9.17, 15) is 4.79 Å². The highest BCUT2D eigenvalue weighted by atomic mass is 35.5. The third kappa shape index (κ3) is 1.98. The van der Waals surface area contributed by atoms with Gasteiger partial charge in [-0.05, 0) is 24.1 Å². The maximum Gasteiger partial charge on any atom is 0.278 e. The molecule has 2 rings (SSSR count). The van der Waals surface area contributed by atoms with Crippen LogP contribution in [0.15, 0.2) is 24.8 Å². The van der Waals surface area contributed by atoms with Crippen molar-refractivity contribution in [3.8, 4) is 5.75 Å². The number of methoxy groups -OCH3 is 1. The van der Waals surface area contributed by atoms with Crippen molar-refractivity contribution in [3.05, 3.63) is 40.9 Å². The van der Waals surface area contributed by atoms with Crippen molar-refractivity contribution in [2.24, 2.45) is 0 Å². The number of nitrogens with zero attached hydrogens (tertiary/aromatic N) is 1. The van der Waals surface area contributed by atoms with Crippen LogP contribution in [0.4, 0.5) is 0 Å². The number of hydrogen-bond donors (Lipinski definition) is 0. The average molecular weight is 268 g/mol. The molecule has 5 heteroatoms. The fourth-order valence-electron chi connectivity index (χ4n) is 2.09. The number of hydroxylamine groups is 2. The number of rotatable bonds is 3. The normalized spacial score (nSPS) is 18.5. The Morgan fingerprint density at radius 3 is 2.78 bits per heavy atom. The van der Waals surface area contributed by atoms with Gasteiger partial charge in [-0.3, -0.25) is 9.63 Å². The molecule has 0 N–H and O–H groups in total. The fraction of sp³-hybridized carbons (Fsp3) is 0.308. The second-order valence-corrected chi connectivity index (χ2v) is 4.37. The van der Waals surface area contributed by atoms with Gasteiger partial charge in [0.1, 0.15) is 5.75 Å². The van der Waals surface area contributed by atoms with Crippen molar-refractivity contribution in [3.63, 3.8) is 0 Å². The zero-order valence-corrected chi connectivity index (χ0v) is 11.0. The predicted octanol–water partition coefficient (Wildman–Crippen LogP) is 2.46. The van der Waals surface area contributed by atoms with Crippen LogP contribution in [0, 0.1) is 0 Å². The molecule has 0 fully saturated rings. The van der Waals surface area contributed by atoms with Gasteiger partial charge in [0.05, 0.1) is 25.3 Å². The van der Waals surface area contributed by atoms with Gasteiger partial charge in [-0.2, -0.15) is 0 Å². The largest absolute Gasteiger partial charge is 0.495 e. The highest BCUT2D eigenvalue weighted by Gasteiger charge is 2.32. The SMILES string of the molecule is C=CC1Cc2cc(OC)c(Cl)cc2C(=O)N1OC. The first-order chi connectivity index (χ1) is 8.62. The smallest absolute Gasteiger partial charge is 0.278 e. The van der Waals surface area contributed by atoms with Crippen LogP contribution in [0.25, 0.3) is 0 Å². The topological polar surface area (TPSA) is 38.8 Å². The molecule has 0 saturated heterocycles. The van der Waals surface area contributed by atoms with Gasteiger partial charge in [0, 0.05) is 5.56 Å². The molecule has 1 aliphatic rings. The van der Waals surface area contributed by atoms with E-state index in [-0.39, 0.29) is 11.9 Å². The Labute approximate surface area is 111 Å². The summed E-state index contributed by atoms with van der Waals surface area (Å²) in [5.74, 6) is 0.352. The second-order valence-electron chi connectivity index (χ2n) is 3.96. The van der Waals surface area contributed by atoms with Gasteiger partial charge in [-0.25, -0.2) is 5.06 Å². The summed E-state index contributed by atoms with van der Waals surface area (Å²) >= 11 is 6.03. The van der Waals surface area contributed by atoms with E-state index in [0.29, 0.717) is 22.8 Å². The van der Waals surface area contributed by atoms with Crippen LogP contribution in [0.3, 0.4) is 0 Å². The molecule has 0 bridgehead atoms. The lowest BCUT2D eigenvalue weighted by Gasteiger charge is -2.32. The van der Waals surface area contributed by atoms with Crippen molar-refractivity contribution in [2.75, 3.05) is 14.2 Å². The Morgan fingerprint density at radius 2 is 2.22 bits per heavy atom. The molecule has 1 heterocycles. The number of carbonyl (C=O) groups excluding carboxylic acids is 1. The monoisotopic (exact) mass is 267 g/mol. The van der Waals surface area contributed by atoms with Crippen LogP contribution < -0.4 is 4.74 Å². The number of amides is 1. The Morgan fingerprint density at radius 1 is 1.50 bits per heavy atom. The molecule has 1 amide bonds. The van der Waals surface area contributed by atoms with Crippen molar-refractivity contribution < 1.29 is 14.4 Å². The minimum Gasteiger partial charge on any atom is -0.495 e. The highest BCUT2D eigenvalue weighted by molar-refractivity contribution is 6.32. The molecule has 0 radical (unpaired) electrons. The van der Waals surface area contributed by atoms with Gasteiger partial charge in [0.2, 0.25) is 0 Å². The van der Waals surface area contributed by atoms with Crippen LogP contribution in [0.2, 0.25) is 5.02 Å². The second kappa shape index (κ2) is 5.00. The quantitative estimate of drug-likeness (QED) is 0.790. The van der Waals surface area contributed by atoms with E-state index >= 15 is 0 Å². The first kappa shape index (κ1) is 12.9. The molecule has 1 aromatic carbocycles. The minimum atomic E-state index is -0.215. The number of carbonyl (C=O) groups is 1. The molecule has 0 aromatic heterocycles. The summed E-state index contributed by atoms with van der Waals surface area (Å²) in [5.41, 5.74) is 1.43. The molecule has 4 nitrogen and oxygen atoms in total. The van der Waals surface area contributed by atoms with Gasteiger partial charge >= 0.3 is 0 Å². The molecule has 1 aromatic rings. The van der Waals surface area contributed by atoms with E-state index in [4.69, 9.17) is 21.2 Å². The molecule has 1 atom stereocenters. The molecule has 1 unspecified atom stereocenters. The van der Waals surface area contributed by atoms with Gasteiger partial charge < -0.3 is 4.74 Å². The maximum atomic E-state index is 12.2. The van der Waals surface area contributed by atoms with Crippen LogP contribution in [-0.4, -0.2) is 31.2 Å². The van der Waals surface area contributed by atoms with E-state index in [0.717, 1.165) is 5.56 Å². The van der Waals surface area contributed by atoms with Gasteiger partial charge in [0.25, 0.3) is 5.91 Å². The molecular formula is C13H14ClNO3. The maximum absolute atomic E-state index is 12.2. The number of benzene rings is 1. The number of ether oxygens (including phenoxy) is 1. The van der Waals surface area contributed by atoms with E-state index in [1.54, 1.807) is 25.3 Å². The molecule has 1 aliphatic heterocycles. The summed E-state index contributed by atoms with van der Waals surface area (Å²) < 4.78 is 5.15. The molecule has 0 aliphatic carbocycles. The van der Waals surface area contributed by atoms with Gasteiger partial charge in [0.15, 0.2) is 0 Å². The van der Waals surface area contributed by atoms with Crippen molar-refractivity contribution in [1.29, 1.82) is 0 Å². The summed E-state index contributed by atoms with van der Waals surface area (Å²) in [6, 6.07) is 3.23. The molecule has 0 saturated carbocycles. The van der Waals surface area contributed by atoms with Crippen molar-refractivity contribution in [2.45, 2.75) is 12.5 Å². The molecule has 96 valence electrons. The Bertz CT molecular complexity index is 501. The Hall–Kier alpha value is -1.52. The van der Waals surface area contributed by atoms with Crippen molar-refractivity contribution in [1.82, 2.24) is 5.06 Å². The number of fused-ring (bicyclic) bond motifs is 1. The van der Waals surface area contributed by atoms with E-state index in [1.165, 1.54) is 12.2 Å². The molecular weight excluding hydrogens is 254 g/mol. The van der Waals surface area contributed by atoms with Gasteiger partial charge in [-0.1, -0.05) is 17.7 Å². The molecule has 0 spiro atoms. The zero-order valence-electron chi connectivity index (χ0n) is 10.3. The standard InChI is InChI=1S/C13H14ClNO3/c1-4-9-5-8-6-12(17-2)11(14)7-10(8)13(16)15(9)18-3/h4,6-7,9H,1,5H2,2-3H3. The lowest BCUT2D eigenvalue weighted by molar-refractivity contribution is -0.115. The van der Waals surface area contributed by atoms with E-state index in [1.807, 2.05) is 0 Å². The van der Waals surface area contributed by atoms with Crippen LogP contribution in [0.5, 0.6) is 5.75 Å². The van der Waals surface area contributed by atoms with Crippen LogP contribution in [-0.2, 0) is 11.3 Å². The van der Waals surface area contributed by atoms with E-state index in [2.05, 4.69) is 6.58 Å². The fourth-order valence-corrected chi connectivity index (χ4v) is 2.34. The highest BCUT2D eigenvalue weighted by Crippen LogP contribution is 2.33. The van der Waals surface area contributed by atoms with Crippen molar-refractivity contribution >= 4 is 17.5 Å². The summed E-state index contributed by atoms with van der Waals surface area (Å²) in [4.78, 5) is 17.3. The van der Waals surface area contributed by atoms with Gasteiger partial charge in [-0.15, -0.1) is 6.58 Å². The summed E-state index contributed by atoms with van der Waals surface area (Å²) in [5, 5.41) is 1.72.